The number of nitrogens with zero attached hydrogens (tertiary/aromatic N) is 2. The quantitative estimate of drug-likeness (QED) is 0.322. The second-order valence-electron chi connectivity index (χ2n) is 6.79. The molecule has 8 nitrogen and oxygen atoms in total. The Morgan fingerprint density at radius 1 is 1.12 bits per heavy atom. The number of hydrogen-bond donors (Lipinski definition) is 1. The molecule has 0 fully saturated rings. The van der Waals surface area contributed by atoms with E-state index in [4.69, 9.17) is 13.9 Å². The summed E-state index contributed by atoms with van der Waals surface area (Å²) in [6.45, 7) is 0.220. The lowest BCUT2D eigenvalue weighted by Crippen LogP contribution is -2.24. The number of anilines is 1. The van der Waals surface area contributed by atoms with Crippen LogP contribution >= 0.6 is 11.8 Å². The lowest BCUT2D eigenvalue weighted by molar-refractivity contribution is -0.113. The first-order valence-corrected chi connectivity index (χ1v) is 10.7. The van der Waals surface area contributed by atoms with Gasteiger partial charge in [-0.05, 0) is 36.4 Å². The molecule has 32 heavy (non-hydrogen) atoms. The van der Waals surface area contributed by atoms with Crippen LogP contribution in [0.1, 0.15) is 5.76 Å². The average Bonchev–Trinajstić information content (AvgIpc) is 3.33. The second-order valence-corrected chi connectivity index (χ2v) is 7.73. The van der Waals surface area contributed by atoms with Crippen LogP contribution in [-0.2, 0) is 11.3 Å². The molecule has 0 radical (unpaired) electrons. The number of methoxy groups -OCH3 is 2. The smallest absolute Gasteiger partial charge is 0.262 e. The van der Waals surface area contributed by atoms with Gasteiger partial charge >= 0.3 is 0 Å². The number of aromatic nitrogens is 2. The zero-order chi connectivity index (χ0) is 22.5. The third-order valence-electron chi connectivity index (χ3n) is 4.73. The predicted molar refractivity (Wildman–Crippen MR) is 123 cm³/mol. The molecule has 0 saturated carbocycles. The zero-order valence-corrected chi connectivity index (χ0v) is 18.3. The molecule has 0 aliphatic heterocycles. The van der Waals surface area contributed by atoms with E-state index in [1.54, 1.807) is 61.9 Å². The monoisotopic (exact) mass is 451 g/mol. The van der Waals surface area contributed by atoms with E-state index in [0.717, 1.165) is 0 Å². The molecule has 0 saturated heterocycles. The van der Waals surface area contributed by atoms with Gasteiger partial charge in [-0.15, -0.1) is 0 Å². The molecule has 0 spiro atoms. The van der Waals surface area contributed by atoms with Crippen molar-refractivity contribution in [1.82, 2.24) is 9.55 Å². The van der Waals surface area contributed by atoms with Crippen molar-refractivity contribution >= 4 is 34.3 Å². The first-order chi connectivity index (χ1) is 15.6. The van der Waals surface area contributed by atoms with Crippen molar-refractivity contribution in [2.45, 2.75) is 11.7 Å². The number of nitrogens with one attached hydrogen (secondary N) is 1. The van der Waals surface area contributed by atoms with Gasteiger partial charge in [0, 0.05) is 6.07 Å². The highest BCUT2D eigenvalue weighted by atomic mass is 32.2. The van der Waals surface area contributed by atoms with Gasteiger partial charge in [-0.25, -0.2) is 4.98 Å². The number of hydrogen-bond acceptors (Lipinski definition) is 7. The standard InChI is InChI=1S/C23H21N3O5S/c1-29-15-9-10-20(30-2)19(12-15)24-21(27)14-32-23-25-18-8-4-3-7-17(18)22(28)26(23)13-16-6-5-11-31-16/h3-12H,13-14H2,1-2H3,(H,24,27). The van der Waals surface area contributed by atoms with Gasteiger partial charge in [-0.3, -0.25) is 14.2 Å². The fraction of sp³-hybridized carbons (Fsp3) is 0.174. The van der Waals surface area contributed by atoms with Crippen LogP contribution in [0.2, 0.25) is 0 Å². The molecular weight excluding hydrogens is 430 g/mol. The van der Waals surface area contributed by atoms with Gasteiger partial charge in [0.25, 0.3) is 5.56 Å². The summed E-state index contributed by atoms with van der Waals surface area (Å²) in [6, 6.07) is 15.8. The third-order valence-corrected chi connectivity index (χ3v) is 5.71. The number of thioether (sulfide) groups is 1. The van der Waals surface area contributed by atoms with Crippen molar-refractivity contribution < 1.29 is 18.7 Å². The summed E-state index contributed by atoms with van der Waals surface area (Å²) < 4.78 is 17.4. The van der Waals surface area contributed by atoms with E-state index >= 15 is 0 Å². The zero-order valence-electron chi connectivity index (χ0n) is 17.5. The van der Waals surface area contributed by atoms with Crippen LogP contribution in [0, 0.1) is 0 Å². The van der Waals surface area contributed by atoms with Crippen LogP contribution in [0.15, 0.2) is 75.2 Å². The molecule has 1 N–H and O–H groups in total. The molecule has 1 amide bonds. The van der Waals surface area contributed by atoms with Gasteiger partial charge in [-0.1, -0.05) is 23.9 Å². The normalized spacial score (nSPS) is 10.8. The second kappa shape index (κ2) is 9.61. The molecule has 0 aliphatic carbocycles. The van der Waals surface area contributed by atoms with Crippen LogP contribution in [-0.4, -0.2) is 35.4 Å². The number of amides is 1. The Kier molecular flexibility index (Phi) is 6.46. The van der Waals surface area contributed by atoms with Crippen molar-refractivity contribution in [3.63, 3.8) is 0 Å². The first kappa shape index (κ1) is 21.5. The number of carbonyl (C=O) groups is 1. The molecule has 0 atom stereocenters. The summed E-state index contributed by atoms with van der Waals surface area (Å²) in [5, 5.41) is 3.76. The number of benzene rings is 2. The van der Waals surface area contributed by atoms with Crippen molar-refractivity contribution in [2.75, 3.05) is 25.3 Å². The van der Waals surface area contributed by atoms with E-state index in [9.17, 15) is 9.59 Å². The molecule has 2 heterocycles. The largest absolute Gasteiger partial charge is 0.497 e. The Hall–Kier alpha value is -3.72. The SMILES string of the molecule is COc1ccc(OC)c(NC(=O)CSc2nc3ccccc3c(=O)n2Cc2ccco2)c1. The maximum atomic E-state index is 13.1. The minimum atomic E-state index is -0.270. The van der Waals surface area contributed by atoms with Crippen LogP contribution in [0.25, 0.3) is 10.9 Å². The summed E-state index contributed by atoms with van der Waals surface area (Å²) in [7, 11) is 3.07. The number of furan rings is 1. The first-order valence-electron chi connectivity index (χ1n) is 9.75. The van der Waals surface area contributed by atoms with Gasteiger partial charge in [0.15, 0.2) is 5.16 Å². The number of rotatable bonds is 8. The van der Waals surface area contributed by atoms with Gasteiger partial charge in [0.1, 0.15) is 17.3 Å². The van der Waals surface area contributed by atoms with E-state index in [-0.39, 0.29) is 23.8 Å². The maximum absolute atomic E-state index is 13.1. The van der Waals surface area contributed by atoms with Gasteiger partial charge in [0.05, 0.1) is 49.4 Å². The van der Waals surface area contributed by atoms with Crippen LogP contribution < -0.4 is 20.3 Å². The third kappa shape index (κ3) is 4.62. The van der Waals surface area contributed by atoms with Crippen LogP contribution in [0.5, 0.6) is 11.5 Å². The minimum absolute atomic E-state index is 0.0449. The molecule has 9 heteroatoms. The molecule has 0 bridgehead atoms. The van der Waals surface area contributed by atoms with E-state index in [0.29, 0.717) is 39.0 Å². The number of carbonyl (C=O) groups excluding carboxylic acids is 1. The molecule has 2 aromatic heterocycles. The summed E-state index contributed by atoms with van der Waals surface area (Å²) in [5.41, 5.74) is 0.881. The van der Waals surface area contributed by atoms with Crippen molar-refractivity contribution in [1.29, 1.82) is 0 Å². The van der Waals surface area contributed by atoms with Gasteiger partial charge < -0.3 is 19.2 Å². The van der Waals surface area contributed by atoms with Crippen LogP contribution in [0.3, 0.4) is 0 Å². The molecule has 2 aromatic carbocycles. The molecule has 0 aliphatic rings. The van der Waals surface area contributed by atoms with E-state index in [2.05, 4.69) is 10.3 Å². The molecule has 164 valence electrons. The number of fused-ring (bicyclic) bond motifs is 1. The van der Waals surface area contributed by atoms with Crippen molar-refractivity contribution in [3.8, 4) is 11.5 Å². The predicted octanol–water partition coefficient (Wildman–Crippen LogP) is 3.79. The summed E-state index contributed by atoms with van der Waals surface area (Å²) in [4.78, 5) is 30.4. The van der Waals surface area contributed by atoms with E-state index in [1.165, 1.54) is 23.4 Å². The Labute approximate surface area is 188 Å². The number of para-hydroxylation sites is 1. The summed E-state index contributed by atoms with van der Waals surface area (Å²) in [6.07, 6.45) is 1.55. The highest BCUT2D eigenvalue weighted by molar-refractivity contribution is 7.99. The summed E-state index contributed by atoms with van der Waals surface area (Å²) >= 11 is 1.17. The van der Waals surface area contributed by atoms with E-state index in [1.807, 2.05) is 6.07 Å². The van der Waals surface area contributed by atoms with Gasteiger partial charge in [-0.2, -0.15) is 0 Å². The Morgan fingerprint density at radius 2 is 1.97 bits per heavy atom. The minimum Gasteiger partial charge on any atom is -0.497 e. The fourth-order valence-electron chi connectivity index (χ4n) is 3.18. The van der Waals surface area contributed by atoms with Crippen molar-refractivity contribution in [3.05, 3.63) is 77.0 Å². The fourth-order valence-corrected chi connectivity index (χ4v) is 3.98. The van der Waals surface area contributed by atoms with Crippen LogP contribution in [0.4, 0.5) is 5.69 Å². The lowest BCUT2D eigenvalue weighted by atomic mass is 10.2. The molecule has 4 rings (SSSR count). The van der Waals surface area contributed by atoms with Gasteiger partial charge in [0.2, 0.25) is 5.91 Å². The Bertz CT molecular complexity index is 1300. The topological polar surface area (TPSA) is 95.6 Å². The average molecular weight is 452 g/mol. The Morgan fingerprint density at radius 3 is 2.72 bits per heavy atom. The molecule has 0 unspecified atom stereocenters. The summed E-state index contributed by atoms with van der Waals surface area (Å²) in [5.74, 6) is 1.51. The highest BCUT2D eigenvalue weighted by Crippen LogP contribution is 2.29. The number of ether oxygens (including phenoxy) is 2. The maximum Gasteiger partial charge on any atom is 0.262 e. The lowest BCUT2D eigenvalue weighted by Gasteiger charge is -2.13. The highest BCUT2D eigenvalue weighted by Gasteiger charge is 2.16. The van der Waals surface area contributed by atoms with Crippen molar-refractivity contribution in [2.24, 2.45) is 0 Å². The van der Waals surface area contributed by atoms with E-state index < -0.39 is 0 Å². The Balaban J connectivity index is 1.58. The molecular formula is C23H21N3O5S. The molecule has 4 aromatic rings.